The molecule has 8 heteroatoms. The van der Waals surface area contributed by atoms with Crippen LogP contribution in [-0.2, 0) is 13.2 Å². The van der Waals surface area contributed by atoms with E-state index in [2.05, 4.69) is 20.3 Å². The molecule has 4 rings (SSSR count). The summed E-state index contributed by atoms with van der Waals surface area (Å²) in [6.45, 7) is 0.339. The Kier molecular flexibility index (Phi) is 4.83. The first kappa shape index (κ1) is 17.5. The van der Waals surface area contributed by atoms with Crippen molar-refractivity contribution in [3.8, 4) is 5.75 Å². The number of carbonyl (C=O) groups excluding carboxylic acids is 1. The SMILES string of the molecule is O=C(NCc1cnc2ccccn12)c1cnc(COc2ccccc2)[nH]c1=O. The quantitative estimate of drug-likeness (QED) is 0.536. The van der Waals surface area contributed by atoms with Gasteiger partial charge in [0.05, 0.1) is 18.4 Å². The molecule has 0 aliphatic rings. The lowest BCUT2D eigenvalue weighted by Crippen LogP contribution is -2.30. The van der Waals surface area contributed by atoms with E-state index in [1.165, 1.54) is 6.20 Å². The zero-order valence-electron chi connectivity index (χ0n) is 14.8. The van der Waals surface area contributed by atoms with Crippen molar-refractivity contribution in [3.05, 3.63) is 94.6 Å². The minimum absolute atomic E-state index is 0.0581. The number of para-hydroxylation sites is 1. The van der Waals surface area contributed by atoms with Crippen LogP contribution in [0.15, 0.2) is 71.9 Å². The second kappa shape index (κ2) is 7.75. The number of nitrogens with one attached hydrogen (secondary N) is 2. The van der Waals surface area contributed by atoms with Gasteiger partial charge in [-0.2, -0.15) is 0 Å². The Hall–Kier alpha value is -3.94. The molecule has 0 saturated heterocycles. The number of nitrogens with zero attached hydrogens (tertiary/aromatic N) is 3. The molecule has 4 aromatic rings. The minimum Gasteiger partial charge on any atom is -0.486 e. The molecule has 8 nitrogen and oxygen atoms in total. The van der Waals surface area contributed by atoms with E-state index in [-0.39, 0.29) is 18.7 Å². The summed E-state index contributed by atoms with van der Waals surface area (Å²) in [7, 11) is 0. The molecule has 140 valence electrons. The molecule has 1 aromatic carbocycles. The highest BCUT2D eigenvalue weighted by Gasteiger charge is 2.13. The number of imidazole rings is 1. The Morgan fingerprint density at radius 1 is 1.07 bits per heavy atom. The molecule has 0 aliphatic carbocycles. The van der Waals surface area contributed by atoms with Crippen LogP contribution in [0.25, 0.3) is 5.65 Å². The van der Waals surface area contributed by atoms with E-state index in [4.69, 9.17) is 4.74 Å². The molecule has 0 aliphatic heterocycles. The van der Waals surface area contributed by atoms with Crippen molar-refractivity contribution in [2.24, 2.45) is 0 Å². The van der Waals surface area contributed by atoms with Gasteiger partial charge in [0.2, 0.25) is 0 Å². The fourth-order valence-electron chi connectivity index (χ4n) is 2.72. The molecule has 0 atom stereocenters. The second-order valence-electron chi connectivity index (χ2n) is 6.04. The molecule has 3 heterocycles. The van der Waals surface area contributed by atoms with Crippen LogP contribution in [-0.4, -0.2) is 25.3 Å². The summed E-state index contributed by atoms with van der Waals surface area (Å²) in [4.78, 5) is 35.5. The average Bonchev–Trinajstić information content (AvgIpc) is 3.14. The molecule has 0 unspecified atom stereocenters. The molecule has 2 N–H and O–H groups in total. The fourth-order valence-corrected chi connectivity index (χ4v) is 2.72. The van der Waals surface area contributed by atoms with E-state index in [0.717, 1.165) is 11.3 Å². The summed E-state index contributed by atoms with van der Waals surface area (Å²) >= 11 is 0. The fraction of sp³-hybridized carbons (Fsp3) is 0.100. The maximum absolute atomic E-state index is 12.4. The van der Waals surface area contributed by atoms with E-state index in [9.17, 15) is 9.59 Å². The number of aromatic nitrogens is 4. The van der Waals surface area contributed by atoms with Gasteiger partial charge in [0, 0.05) is 12.4 Å². The maximum atomic E-state index is 12.4. The lowest BCUT2D eigenvalue weighted by Gasteiger charge is -2.07. The zero-order valence-corrected chi connectivity index (χ0v) is 14.8. The van der Waals surface area contributed by atoms with Gasteiger partial charge in [-0.25, -0.2) is 9.97 Å². The van der Waals surface area contributed by atoms with Gasteiger partial charge in [-0.3, -0.25) is 9.59 Å². The molecule has 3 aromatic heterocycles. The van der Waals surface area contributed by atoms with Crippen molar-refractivity contribution >= 4 is 11.6 Å². The van der Waals surface area contributed by atoms with Crippen LogP contribution in [0.3, 0.4) is 0 Å². The highest BCUT2D eigenvalue weighted by molar-refractivity contribution is 5.93. The first-order valence-corrected chi connectivity index (χ1v) is 8.66. The Morgan fingerprint density at radius 3 is 2.71 bits per heavy atom. The molecule has 0 bridgehead atoms. The van der Waals surface area contributed by atoms with Crippen molar-refractivity contribution in [3.63, 3.8) is 0 Å². The second-order valence-corrected chi connectivity index (χ2v) is 6.04. The summed E-state index contributed by atoms with van der Waals surface area (Å²) in [5.41, 5.74) is 1.02. The number of fused-ring (bicyclic) bond motifs is 1. The average molecular weight is 375 g/mol. The van der Waals surface area contributed by atoms with Crippen LogP contribution >= 0.6 is 0 Å². The van der Waals surface area contributed by atoms with E-state index >= 15 is 0 Å². The predicted octanol–water partition coefficient (Wildman–Crippen LogP) is 1.93. The number of rotatable bonds is 6. The van der Waals surface area contributed by atoms with Gasteiger partial charge in [-0.1, -0.05) is 24.3 Å². The lowest BCUT2D eigenvalue weighted by atomic mass is 10.3. The van der Waals surface area contributed by atoms with Crippen molar-refractivity contribution in [1.82, 2.24) is 24.7 Å². The molecular weight excluding hydrogens is 358 g/mol. The Balaban J connectivity index is 1.41. The van der Waals surface area contributed by atoms with Crippen LogP contribution in [0.5, 0.6) is 5.75 Å². The number of carbonyl (C=O) groups is 1. The number of hydrogen-bond donors (Lipinski definition) is 2. The Morgan fingerprint density at radius 2 is 1.89 bits per heavy atom. The molecule has 0 radical (unpaired) electrons. The first-order chi connectivity index (χ1) is 13.7. The number of H-pyrrole nitrogens is 1. The smallest absolute Gasteiger partial charge is 0.263 e. The van der Waals surface area contributed by atoms with Crippen LogP contribution in [0.2, 0.25) is 0 Å². The van der Waals surface area contributed by atoms with Gasteiger partial charge in [0.25, 0.3) is 11.5 Å². The summed E-state index contributed by atoms with van der Waals surface area (Å²) in [6.07, 6.45) is 4.80. The van der Waals surface area contributed by atoms with Gasteiger partial charge in [-0.05, 0) is 24.3 Å². The Labute approximate surface area is 159 Å². The minimum atomic E-state index is -0.516. The summed E-state index contributed by atoms with van der Waals surface area (Å²) < 4.78 is 7.41. The first-order valence-electron chi connectivity index (χ1n) is 8.66. The van der Waals surface area contributed by atoms with Crippen molar-refractivity contribution in [2.75, 3.05) is 0 Å². The van der Waals surface area contributed by atoms with Gasteiger partial charge in [-0.15, -0.1) is 0 Å². The normalized spacial score (nSPS) is 10.7. The van der Waals surface area contributed by atoms with Crippen LogP contribution in [0.1, 0.15) is 21.9 Å². The van der Waals surface area contributed by atoms with Crippen molar-refractivity contribution in [1.29, 1.82) is 0 Å². The third-order valence-electron chi connectivity index (χ3n) is 4.14. The third-order valence-corrected chi connectivity index (χ3v) is 4.14. The van der Waals surface area contributed by atoms with Gasteiger partial charge in [0.15, 0.2) is 0 Å². The van der Waals surface area contributed by atoms with Crippen LogP contribution in [0, 0.1) is 0 Å². The van der Waals surface area contributed by atoms with Crippen LogP contribution < -0.4 is 15.6 Å². The van der Waals surface area contributed by atoms with E-state index in [1.807, 2.05) is 47.0 Å². The molecular formula is C20H17N5O3. The zero-order chi connectivity index (χ0) is 19.3. The number of amides is 1. The predicted molar refractivity (Wildman–Crippen MR) is 102 cm³/mol. The van der Waals surface area contributed by atoms with Gasteiger partial charge >= 0.3 is 0 Å². The number of hydrogen-bond acceptors (Lipinski definition) is 5. The monoisotopic (exact) mass is 375 g/mol. The molecule has 0 spiro atoms. The number of aromatic amines is 1. The topological polar surface area (TPSA) is 101 Å². The summed E-state index contributed by atoms with van der Waals surface area (Å²) in [6, 6.07) is 14.8. The van der Waals surface area contributed by atoms with Crippen molar-refractivity contribution in [2.45, 2.75) is 13.2 Å². The number of ether oxygens (including phenoxy) is 1. The summed E-state index contributed by atoms with van der Waals surface area (Å²) in [5.74, 6) is 0.502. The lowest BCUT2D eigenvalue weighted by molar-refractivity contribution is 0.0948. The van der Waals surface area contributed by atoms with Gasteiger partial charge < -0.3 is 19.4 Å². The number of pyridine rings is 1. The molecule has 0 fully saturated rings. The van der Waals surface area contributed by atoms with E-state index in [1.54, 1.807) is 18.3 Å². The molecule has 1 amide bonds. The number of benzene rings is 1. The third kappa shape index (κ3) is 3.75. The van der Waals surface area contributed by atoms with Gasteiger partial charge in [0.1, 0.15) is 29.4 Å². The van der Waals surface area contributed by atoms with E-state index in [0.29, 0.717) is 11.6 Å². The van der Waals surface area contributed by atoms with E-state index < -0.39 is 11.5 Å². The highest BCUT2D eigenvalue weighted by Crippen LogP contribution is 2.09. The molecule has 28 heavy (non-hydrogen) atoms. The highest BCUT2D eigenvalue weighted by atomic mass is 16.5. The maximum Gasteiger partial charge on any atom is 0.263 e. The Bertz CT molecular complexity index is 1170. The molecule has 0 saturated carbocycles. The standard InChI is InChI=1S/C20H17N5O3/c26-19(23-11-14-10-22-18-8-4-5-9-25(14)18)16-12-21-17(24-20(16)27)13-28-15-6-2-1-3-7-15/h1-10,12H,11,13H2,(H,23,26)(H,21,24,27). The summed E-state index contributed by atoms with van der Waals surface area (Å²) in [5, 5.41) is 2.72. The van der Waals surface area contributed by atoms with Crippen LogP contribution in [0.4, 0.5) is 0 Å². The largest absolute Gasteiger partial charge is 0.486 e. The van der Waals surface area contributed by atoms with Crippen molar-refractivity contribution < 1.29 is 9.53 Å².